The molecule has 5 nitrogen and oxygen atoms in total. The standard InChI is InChI=1S/C12H20N2O3/c1-8-12(16)14(9(2)11(15)13-8)7-10-3-5-17-6-4-10/h8-10H,3-7H2,1-2H3,(H,13,15). The molecule has 0 bridgehead atoms. The number of ether oxygens (including phenoxy) is 1. The van der Waals surface area contributed by atoms with Crippen molar-refractivity contribution in [2.75, 3.05) is 19.8 Å². The van der Waals surface area contributed by atoms with Crippen LogP contribution in [0.5, 0.6) is 0 Å². The van der Waals surface area contributed by atoms with Gasteiger partial charge in [0.15, 0.2) is 0 Å². The molecule has 2 rings (SSSR count). The van der Waals surface area contributed by atoms with Crippen LogP contribution in [0.25, 0.3) is 0 Å². The van der Waals surface area contributed by atoms with Gasteiger partial charge in [0.1, 0.15) is 12.1 Å². The quantitative estimate of drug-likeness (QED) is 0.747. The number of nitrogens with one attached hydrogen (secondary N) is 1. The number of amides is 2. The van der Waals surface area contributed by atoms with Crippen LogP contribution in [-0.2, 0) is 14.3 Å². The molecule has 2 amide bonds. The maximum atomic E-state index is 12.0. The minimum Gasteiger partial charge on any atom is -0.381 e. The monoisotopic (exact) mass is 240 g/mol. The molecule has 0 aromatic heterocycles. The molecule has 0 aliphatic carbocycles. The number of piperazine rings is 1. The first-order valence-electron chi connectivity index (χ1n) is 6.28. The number of hydrogen-bond acceptors (Lipinski definition) is 3. The SMILES string of the molecule is CC1NC(=O)C(C)N(CC2CCOCC2)C1=O. The first-order valence-corrected chi connectivity index (χ1v) is 6.28. The zero-order valence-corrected chi connectivity index (χ0v) is 10.4. The van der Waals surface area contributed by atoms with Crippen molar-refractivity contribution in [3.05, 3.63) is 0 Å². The molecule has 0 aromatic carbocycles. The van der Waals surface area contributed by atoms with Gasteiger partial charge in [0.25, 0.3) is 0 Å². The summed E-state index contributed by atoms with van der Waals surface area (Å²) in [5.41, 5.74) is 0. The van der Waals surface area contributed by atoms with E-state index in [-0.39, 0.29) is 17.9 Å². The van der Waals surface area contributed by atoms with Gasteiger partial charge in [0.2, 0.25) is 11.8 Å². The van der Waals surface area contributed by atoms with Crippen molar-refractivity contribution < 1.29 is 14.3 Å². The van der Waals surface area contributed by atoms with Crippen LogP contribution in [0.4, 0.5) is 0 Å². The number of nitrogens with zero attached hydrogens (tertiary/aromatic N) is 1. The van der Waals surface area contributed by atoms with Crippen LogP contribution in [0.3, 0.4) is 0 Å². The Labute approximate surface area is 101 Å². The number of hydrogen-bond donors (Lipinski definition) is 1. The van der Waals surface area contributed by atoms with Gasteiger partial charge in [-0.1, -0.05) is 0 Å². The van der Waals surface area contributed by atoms with Gasteiger partial charge in [-0.3, -0.25) is 9.59 Å². The Bertz CT molecular complexity index is 313. The van der Waals surface area contributed by atoms with Crippen LogP contribution >= 0.6 is 0 Å². The number of carbonyl (C=O) groups excluding carboxylic acids is 2. The molecule has 2 aliphatic rings. The van der Waals surface area contributed by atoms with Crippen LogP contribution in [-0.4, -0.2) is 48.6 Å². The van der Waals surface area contributed by atoms with Gasteiger partial charge in [0, 0.05) is 19.8 Å². The van der Waals surface area contributed by atoms with Crippen LogP contribution in [0, 0.1) is 5.92 Å². The molecule has 2 fully saturated rings. The van der Waals surface area contributed by atoms with E-state index >= 15 is 0 Å². The number of carbonyl (C=O) groups is 2. The van der Waals surface area contributed by atoms with E-state index in [2.05, 4.69) is 5.32 Å². The summed E-state index contributed by atoms with van der Waals surface area (Å²) in [6.07, 6.45) is 1.96. The summed E-state index contributed by atoms with van der Waals surface area (Å²) in [6.45, 7) is 5.74. The fourth-order valence-corrected chi connectivity index (χ4v) is 2.43. The molecule has 0 saturated carbocycles. The highest BCUT2D eigenvalue weighted by atomic mass is 16.5. The summed E-state index contributed by atoms with van der Waals surface area (Å²) >= 11 is 0. The van der Waals surface area contributed by atoms with Crippen molar-refractivity contribution in [3.63, 3.8) is 0 Å². The summed E-state index contributed by atoms with van der Waals surface area (Å²) in [5, 5.41) is 2.69. The first kappa shape index (κ1) is 12.4. The molecule has 0 radical (unpaired) electrons. The van der Waals surface area contributed by atoms with Crippen molar-refractivity contribution in [1.29, 1.82) is 0 Å². The molecule has 1 N–H and O–H groups in total. The van der Waals surface area contributed by atoms with Gasteiger partial charge in [-0.05, 0) is 32.6 Å². The van der Waals surface area contributed by atoms with Gasteiger partial charge >= 0.3 is 0 Å². The molecule has 96 valence electrons. The smallest absolute Gasteiger partial charge is 0.245 e. The average Bonchev–Trinajstić information content (AvgIpc) is 2.33. The maximum Gasteiger partial charge on any atom is 0.245 e. The van der Waals surface area contributed by atoms with E-state index in [1.54, 1.807) is 18.7 Å². The minimum absolute atomic E-state index is 0.0311. The fourth-order valence-electron chi connectivity index (χ4n) is 2.43. The topological polar surface area (TPSA) is 58.6 Å². The molecule has 5 heteroatoms. The second-order valence-electron chi connectivity index (χ2n) is 4.95. The predicted molar refractivity (Wildman–Crippen MR) is 62.3 cm³/mol. The van der Waals surface area contributed by atoms with Gasteiger partial charge in [-0.15, -0.1) is 0 Å². The second-order valence-corrected chi connectivity index (χ2v) is 4.95. The maximum absolute atomic E-state index is 12.0. The fraction of sp³-hybridized carbons (Fsp3) is 0.833. The predicted octanol–water partition coefficient (Wildman–Crippen LogP) is 0.148. The van der Waals surface area contributed by atoms with Crippen LogP contribution in [0.15, 0.2) is 0 Å². The van der Waals surface area contributed by atoms with E-state index in [4.69, 9.17) is 4.74 Å². The Hall–Kier alpha value is -1.10. The molecule has 0 spiro atoms. The molecule has 2 atom stereocenters. The van der Waals surface area contributed by atoms with Crippen molar-refractivity contribution >= 4 is 11.8 Å². The van der Waals surface area contributed by atoms with E-state index in [1.807, 2.05) is 0 Å². The molecule has 2 unspecified atom stereocenters. The highest BCUT2D eigenvalue weighted by Crippen LogP contribution is 2.19. The van der Waals surface area contributed by atoms with Gasteiger partial charge < -0.3 is 15.0 Å². The Morgan fingerprint density at radius 1 is 1.29 bits per heavy atom. The van der Waals surface area contributed by atoms with E-state index in [0.29, 0.717) is 12.5 Å². The zero-order chi connectivity index (χ0) is 12.4. The third-order valence-electron chi connectivity index (χ3n) is 3.65. The van der Waals surface area contributed by atoms with E-state index in [9.17, 15) is 9.59 Å². The van der Waals surface area contributed by atoms with Gasteiger partial charge in [0.05, 0.1) is 0 Å². The highest BCUT2D eigenvalue weighted by Gasteiger charge is 2.36. The molecule has 17 heavy (non-hydrogen) atoms. The summed E-state index contributed by atoms with van der Waals surface area (Å²) in [4.78, 5) is 25.4. The minimum atomic E-state index is -0.390. The van der Waals surface area contributed by atoms with E-state index < -0.39 is 6.04 Å². The number of rotatable bonds is 2. The summed E-state index contributed by atoms with van der Waals surface area (Å²) in [5.74, 6) is 0.445. The lowest BCUT2D eigenvalue weighted by Gasteiger charge is -2.38. The lowest BCUT2D eigenvalue weighted by Crippen LogP contribution is -2.62. The van der Waals surface area contributed by atoms with Crippen LogP contribution in [0.1, 0.15) is 26.7 Å². The Morgan fingerprint density at radius 3 is 2.59 bits per heavy atom. The van der Waals surface area contributed by atoms with Crippen molar-refractivity contribution in [2.45, 2.75) is 38.8 Å². The normalized spacial score (nSPS) is 31.5. The molecular formula is C12H20N2O3. The lowest BCUT2D eigenvalue weighted by atomic mass is 9.97. The Balaban J connectivity index is 2.00. The van der Waals surface area contributed by atoms with Crippen molar-refractivity contribution in [1.82, 2.24) is 10.2 Å². The van der Waals surface area contributed by atoms with Gasteiger partial charge in [-0.2, -0.15) is 0 Å². The summed E-state index contributed by atoms with van der Waals surface area (Å²) < 4.78 is 5.30. The molecular weight excluding hydrogens is 220 g/mol. The van der Waals surface area contributed by atoms with Crippen molar-refractivity contribution in [3.8, 4) is 0 Å². The first-order chi connectivity index (χ1) is 8.09. The summed E-state index contributed by atoms with van der Waals surface area (Å²) in [7, 11) is 0. The Kier molecular flexibility index (Phi) is 3.66. The van der Waals surface area contributed by atoms with Crippen LogP contribution < -0.4 is 5.32 Å². The summed E-state index contributed by atoms with van der Waals surface area (Å²) in [6, 6.07) is -0.736. The largest absolute Gasteiger partial charge is 0.381 e. The molecule has 2 aliphatic heterocycles. The van der Waals surface area contributed by atoms with Crippen LogP contribution in [0.2, 0.25) is 0 Å². The van der Waals surface area contributed by atoms with E-state index in [0.717, 1.165) is 26.1 Å². The zero-order valence-electron chi connectivity index (χ0n) is 10.4. The third kappa shape index (κ3) is 2.60. The van der Waals surface area contributed by atoms with E-state index in [1.165, 1.54) is 0 Å². The molecule has 2 saturated heterocycles. The molecule has 2 heterocycles. The Morgan fingerprint density at radius 2 is 1.94 bits per heavy atom. The lowest BCUT2D eigenvalue weighted by molar-refractivity contribution is -0.149. The van der Waals surface area contributed by atoms with Crippen molar-refractivity contribution in [2.24, 2.45) is 5.92 Å². The third-order valence-corrected chi connectivity index (χ3v) is 3.65. The average molecular weight is 240 g/mol. The highest BCUT2D eigenvalue weighted by molar-refractivity contribution is 5.96. The second kappa shape index (κ2) is 5.04. The van der Waals surface area contributed by atoms with Gasteiger partial charge in [-0.25, -0.2) is 0 Å². The molecule has 0 aromatic rings.